The van der Waals surface area contributed by atoms with Crippen LogP contribution in [0.25, 0.3) is 11.0 Å². The molecule has 2 aliphatic carbocycles. The number of rotatable bonds is 5. The number of nitrogens with one attached hydrogen (secondary N) is 2. The van der Waals surface area contributed by atoms with Gasteiger partial charge < -0.3 is 15.8 Å². The van der Waals surface area contributed by atoms with Gasteiger partial charge in [0.15, 0.2) is 11.5 Å². The number of benzene rings is 1. The zero-order chi connectivity index (χ0) is 23.4. The molecular formula is C24H25N5O4S. The fourth-order valence-corrected chi connectivity index (χ4v) is 6.23. The second-order valence-electron chi connectivity index (χ2n) is 9.31. The third-order valence-corrected chi connectivity index (χ3v) is 8.70. The monoisotopic (exact) mass is 479 g/mol. The molecule has 3 N–H and O–H groups in total. The lowest BCUT2D eigenvalue weighted by Gasteiger charge is -2.43. The smallest absolute Gasteiger partial charge is 0.286 e. The highest BCUT2D eigenvalue weighted by atomic mass is 32.2. The van der Waals surface area contributed by atoms with Gasteiger partial charge in [-0.2, -0.15) is 8.42 Å². The molecule has 2 fully saturated rings. The Morgan fingerprint density at radius 3 is 2.44 bits per heavy atom. The summed E-state index contributed by atoms with van der Waals surface area (Å²) in [6.45, 7) is 0. The number of aromatic hydroxyl groups is 1. The van der Waals surface area contributed by atoms with Gasteiger partial charge in [-0.25, -0.2) is 9.66 Å². The average Bonchev–Trinajstić information content (AvgIpc) is 2.74. The third kappa shape index (κ3) is 3.27. The molecule has 0 spiro atoms. The van der Waals surface area contributed by atoms with Crippen LogP contribution in [0.2, 0.25) is 0 Å². The van der Waals surface area contributed by atoms with Gasteiger partial charge in [0.25, 0.3) is 15.6 Å². The Kier molecular flexibility index (Phi) is 4.87. The molecule has 3 aliphatic rings. The summed E-state index contributed by atoms with van der Waals surface area (Å²) < 4.78 is 30.9. The SMILES string of the molecule is O=c1c(C2=NS(=O)(=O)c3ccccc3N2)c(O)c2cccnc2n1NC(C1CCC1)C1CCC1. The van der Waals surface area contributed by atoms with Crippen LogP contribution in [0.3, 0.4) is 0 Å². The van der Waals surface area contributed by atoms with E-state index >= 15 is 0 Å². The van der Waals surface area contributed by atoms with Gasteiger partial charge in [0.2, 0.25) is 0 Å². The van der Waals surface area contributed by atoms with Crippen molar-refractivity contribution in [2.75, 3.05) is 10.7 Å². The Morgan fingerprint density at radius 2 is 1.76 bits per heavy atom. The van der Waals surface area contributed by atoms with E-state index in [1.165, 1.54) is 23.6 Å². The molecule has 1 aliphatic heterocycles. The first-order valence-electron chi connectivity index (χ1n) is 11.6. The second kappa shape index (κ2) is 7.83. The number of amidine groups is 1. The Hall–Kier alpha value is -3.40. The van der Waals surface area contributed by atoms with Crippen molar-refractivity contribution in [1.29, 1.82) is 0 Å². The number of nitrogens with zero attached hydrogens (tertiary/aromatic N) is 3. The molecule has 9 nitrogen and oxygen atoms in total. The van der Waals surface area contributed by atoms with Gasteiger partial charge in [0.1, 0.15) is 16.2 Å². The highest BCUT2D eigenvalue weighted by Crippen LogP contribution is 2.41. The lowest BCUT2D eigenvalue weighted by atomic mass is 9.69. The number of hydrogen-bond donors (Lipinski definition) is 3. The van der Waals surface area contributed by atoms with Crippen LogP contribution in [0.1, 0.15) is 44.1 Å². The van der Waals surface area contributed by atoms with Crippen LogP contribution in [0.5, 0.6) is 5.75 Å². The van der Waals surface area contributed by atoms with Crippen molar-refractivity contribution in [2.45, 2.75) is 49.5 Å². The highest BCUT2D eigenvalue weighted by Gasteiger charge is 2.37. The minimum absolute atomic E-state index is 0.0224. The summed E-state index contributed by atoms with van der Waals surface area (Å²) in [5.41, 5.74) is 3.26. The number of sulfonamides is 1. The molecule has 0 atom stereocenters. The molecule has 0 radical (unpaired) electrons. The minimum Gasteiger partial charge on any atom is -0.506 e. The van der Waals surface area contributed by atoms with Crippen molar-refractivity contribution in [2.24, 2.45) is 16.2 Å². The van der Waals surface area contributed by atoms with Crippen LogP contribution in [-0.4, -0.2) is 35.1 Å². The Labute approximate surface area is 196 Å². The maximum atomic E-state index is 13.8. The Morgan fingerprint density at radius 1 is 1.06 bits per heavy atom. The van der Waals surface area contributed by atoms with Gasteiger partial charge in [-0.3, -0.25) is 4.79 Å². The minimum atomic E-state index is -4.05. The molecule has 176 valence electrons. The molecule has 6 rings (SSSR count). The maximum Gasteiger partial charge on any atom is 0.286 e. The maximum absolute atomic E-state index is 13.8. The number of para-hydroxylation sites is 1. The van der Waals surface area contributed by atoms with Gasteiger partial charge in [-0.15, -0.1) is 4.40 Å². The molecule has 2 aromatic heterocycles. The van der Waals surface area contributed by atoms with Gasteiger partial charge in [-0.1, -0.05) is 25.0 Å². The molecule has 0 unspecified atom stereocenters. The number of hydrogen-bond acceptors (Lipinski definition) is 7. The molecule has 0 saturated heterocycles. The molecule has 1 aromatic carbocycles. The zero-order valence-corrected chi connectivity index (χ0v) is 19.3. The summed E-state index contributed by atoms with van der Waals surface area (Å²) in [5.74, 6) is 0.401. The molecule has 2 saturated carbocycles. The van der Waals surface area contributed by atoms with E-state index in [1.54, 1.807) is 36.5 Å². The molecule has 34 heavy (non-hydrogen) atoms. The van der Waals surface area contributed by atoms with E-state index in [9.17, 15) is 18.3 Å². The normalized spacial score (nSPS) is 19.6. The van der Waals surface area contributed by atoms with E-state index in [0.29, 0.717) is 28.6 Å². The van der Waals surface area contributed by atoms with Crippen molar-refractivity contribution in [3.8, 4) is 5.75 Å². The van der Waals surface area contributed by atoms with Gasteiger partial charge in [0.05, 0.1) is 11.1 Å². The summed E-state index contributed by atoms with van der Waals surface area (Å²) in [6, 6.07) is 9.79. The lowest BCUT2D eigenvalue weighted by molar-refractivity contribution is 0.157. The molecule has 3 heterocycles. The van der Waals surface area contributed by atoms with Crippen molar-refractivity contribution in [3.05, 3.63) is 58.5 Å². The van der Waals surface area contributed by atoms with Gasteiger partial charge in [-0.05, 0) is 61.8 Å². The van der Waals surface area contributed by atoms with Gasteiger partial charge >= 0.3 is 0 Å². The van der Waals surface area contributed by atoms with E-state index in [-0.39, 0.29) is 28.1 Å². The van der Waals surface area contributed by atoms with Crippen LogP contribution in [0, 0.1) is 11.8 Å². The first-order valence-corrected chi connectivity index (χ1v) is 13.1. The largest absolute Gasteiger partial charge is 0.506 e. The fourth-order valence-electron chi connectivity index (χ4n) is 5.10. The first kappa shape index (κ1) is 21.2. The predicted octanol–water partition coefficient (Wildman–Crippen LogP) is 3.18. The fraction of sp³-hybridized carbons (Fsp3) is 0.375. The van der Waals surface area contributed by atoms with Crippen molar-refractivity contribution in [3.63, 3.8) is 0 Å². The number of fused-ring (bicyclic) bond motifs is 2. The summed E-state index contributed by atoms with van der Waals surface area (Å²) in [4.78, 5) is 18.2. The summed E-state index contributed by atoms with van der Waals surface area (Å²) in [7, 11) is -4.05. The first-order chi connectivity index (χ1) is 16.4. The molecule has 0 amide bonds. The Balaban J connectivity index is 1.53. The summed E-state index contributed by atoms with van der Waals surface area (Å²) in [6.07, 6.45) is 8.39. The third-order valence-electron chi connectivity index (χ3n) is 7.37. The quantitative estimate of drug-likeness (QED) is 0.513. The predicted molar refractivity (Wildman–Crippen MR) is 129 cm³/mol. The van der Waals surface area contributed by atoms with Crippen LogP contribution in [0.4, 0.5) is 5.69 Å². The second-order valence-corrected chi connectivity index (χ2v) is 10.9. The topological polar surface area (TPSA) is 126 Å². The van der Waals surface area contributed by atoms with E-state index in [4.69, 9.17) is 0 Å². The van der Waals surface area contributed by atoms with E-state index in [0.717, 1.165) is 25.7 Å². The Bertz CT molecular complexity index is 1470. The van der Waals surface area contributed by atoms with Crippen molar-refractivity contribution < 1.29 is 13.5 Å². The van der Waals surface area contributed by atoms with Crippen LogP contribution in [0.15, 0.2) is 56.7 Å². The highest BCUT2D eigenvalue weighted by molar-refractivity contribution is 7.90. The van der Waals surface area contributed by atoms with Gasteiger partial charge in [0, 0.05) is 12.2 Å². The number of pyridine rings is 2. The zero-order valence-electron chi connectivity index (χ0n) is 18.4. The van der Waals surface area contributed by atoms with Crippen LogP contribution < -0.4 is 16.3 Å². The molecule has 3 aromatic rings. The molecule has 0 bridgehead atoms. The van der Waals surface area contributed by atoms with Crippen LogP contribution >= 0.6 is 0 Å². The lowest BCUT2D eigenvalue weighted by Crippen LogP contribution is -2.49. The molecular weight excluding hydrogens is 454 g/mol. The van der Waals surface area contributed by atoms with Crippen molar-refractivity contribution >= 4 is 32.6 Å². The summed E-state index contributed by atoms with van der Waals surface area (Å²) >= 11 is 0. The molecule has 10 heteroatoms. The average molecular weight is 480 g/mol. The van der Waals surface area contributed by atoms with Crippen molar-refractivity contribution in [1.82, 2.24) is 9.66 Å². The number of anilines is 1. The van der Waals surface area contributed by atoms with E-state index in [2.05, 4.69) is 20.1 Å². The number of aromatic nitrogens is 2. The standard InChI is InChI=1S/C24H25N5O4S/c30-21-16-10-5-13-25-23(16)29(27-20(14-6-3-7-14)15-8-4-9-15)24(31)19(21)22-26-17-11-1-2-12-18(17)34(32,33)28-22/h1-2,5,10-15,20,27,30H,3-4,6-9H2,(H,26,28). The van der Waals surface area contributed by atoms with E-state index in [1.807, 2.05) is 0 Å². The van der Waals surface area contributed by atoms with Crippen LogP contribution in [-0.2, 0) is 10.0 Å². The van der Waals surface area contributed by atoms with E-state index < -0.39 is 15.6 Å². The summed E-state index contributed by atoms with van der Waals surface area (Å²) in [5, 5.41) is 14.4.